The minimum atomic E-state index is -0.0914. The molecule has 0 saturated carbocycles. The summed E-state index contributed by atoms with van der Waals surface area (Å²) < 4.78 is 12.2. The van der Waals surface area contributed by atoms with Gasteiger partial charge < -0.3 is 19.7 Å². The molecule has 2 unspecified atom stereocenters. The quantitative estimate of drug-likeness (QED) is 0.770. The maximum atomic E-state index is 12.7. The fourth-order valence-corrected chi connectivity index (χ4v) is 3.48. The number of halogens is 1. The molecule has 2 aromatic rings. The summed E-state index contributed by atoms with van der Waals surface area (Å²) >= 11 is 3.44. The largest absolute Gasteiger partial charge is 0.497 e. The van der Waals surface area contributed by atoms with Crippen LogP contribution >= 0.6 is 15.9 Å². The van der Waals surface area contributed by atoms with E-state index >= 15 is 0 Å². The molecule has 0 aliphatic carbocycles. The number of benzene rings is 2. The SMILES string of the molecule is COc1cccc(CC(C)NC(=O)N2CCOC(c3ccc(Br)cc3)C2)c1. The topological polar surface area (TPSA) is 50.8 Å². The van der Waals surface area contributed by atoms with Crippen LogP contribution < -0.4 is 10.1 Å². The Morgan fingerprint density at radius 2 is 2.11 bits per heavy atom. The van der Waals surface area contributed by atoms with E-state index in [0.717, 1.165) is 27.8 Å². The molecular formula is C21H25BrN2O3. The van der Waals surface area contributed by atoms with Gasteiger partial charge in [0.25, 0.3) is 0 Å². The molecule has 1 saturated heterocycles. The third-order valence-electron chi connectivity index (χ3n) is 4.64. The van der Waals surface area contributed by atoms with Crippen LogP contribution in [0.5, 0.6) is 5.75 Å². The van der Waals surface area contributed by atoms with E-state index < -0.39 is 0 Å². The minimum absolute atomic E-state index is 0.0265. The van der Waals surface area contributed by atoms with E-state index in [1.54, 1.807) is 7.11 Å². The minimum Gasteiger partial charge on any atom is -0.497 e. The van der Waals surface area contributed by atoms with E-state index in [9.17, 15) is 4.79 Å². The van der Waals surface area contributed by atoms with Crippen molar-refractivity contribution < 1.29 is 14.3 Å². The van der Waals surface area contributed by atoms with Crippen molar-refractivity contribution in [1.29, 1.82) is 0 Å². The zero-order chi connectivity index (χ0) is 19.2. The Labute approximate surface area is 168 Å². The molecule has 1 heterocycles. The van der Waals surface area contributed by atoms with Crippen LogP contribution in [0.4, 0.5) is 4.79 Å². The zero-order valence-electron chi connectivity index (χ0n) is 15.7. The number of morpholine rings is 1. The third-order valence-corrected chi connectivity index (χ3v) is 5.17. The molecule has 2 amide bonds. The average molecular weight is 433 g/mol. The fraction of sp³-hybridized carbons (Fsp3) is 0.381. The van der Waals surface area contributed by atoms with Crippen LogP contribution in [0.1, 0.15) is 24.2 Å². The normalized spacial score (nSPS) is 18.0. The lowest BCUT2D eigenvalue weighted by Gasteiger charge is -2.34. The van der Waals surface area contributed by atoms with Crippen LogP contribution in [0.2, 0.25) is 0 Å². The van der Waals surface area contributed by atoms with Crippen molar-refractivity contribution in [2.24, 2.45) is 0 Å². The lowest BCUT2D eigenvalue weighted by Crippen LogP contribution is -2.49. The standard InChI is InChI=1S/C21H25BrN2O3/c1-15(12-16-4-3-5-19(13-16)26-2)23-21(25)24-10-11-27-20(14-24)17-6-8-18(22)9-7-17/h3-9,13,15,20H,10-12,14H2,1-2H3,(H,23,25). The van der Waals surface area contributed by atoms with E-state index in [4.69, 9.17) is 9.47 Å². The van der Waals surface area contributed by atoms with Gasteiger partial charge in [-0.1, -0.05) is 40.2 Å². The van der Waals surface area contributed by atoms with Crippen molar-refractivity contribution in [2.75, 3.05) is 26.8 Å². The van der Waals surface area contributed by atoms with Gasteiger partial charge in [0.2, 0.25) is 0 Å². The van der Waals surface area contributed by atoms with Crippen LogP contribution in [0.3, 0.4) is 0 Å². The molecule has 6 heteroatoms. The zero-order valence-corrected chi connectivity index (χ0v) is 17.2. The van der Waals surface area contributed by atoms with E-state index in [1.165, 1.54) is 0 Å². The van der Waals surface area contributed by atoms with Gasteiger partial charge in [-0.3, -0.25) is 0 Å². The maximum Gasteiger partial charge on any atom is 0.317 e. The number of ether oxygens (including phenoxy) is 2. The maximum absolute atomic E-state index is 12.7. The van der Waals surface area contributed by atoms with Gasteiger partial charge in [-0.05, 0) is 48.7 Å². The van der Waals surface area contributed by atoms with E-state index in [2.05, 4.69) is 21.2 Å². The van der Waals surface area contributed by atoms with Crippen LogP contribution in [-0.4, -0.2) is 43.8 Å². The molecular weight excluding hydrogens is 408 g/mol. The lowest BCUT2D eigenvalue weighted by atomic mass is 10.1. The van der Waals surface area contributed by atoms with E-state index in [-0.39, 0.29) is 18.2 Å². The second-order valence-corrected chi connectivity index (χ2v) is 7.68. The number of carbonyl (C=O) groups excluding carboxylic acids is 1. The fourth-order valence-electron chi connectivity index (χ4n) is 3.22. The van der Waals surface area contributed by atoms with Gasteiger partial charge in [0.15, 0.2) is 0 Å². The molecule has 0 bridgehead atoms. The first-order valence-electron chi connectivity index (χ1n) is 9.10. The number of hydrogen-bond acceptors (Lipinski definition) is 3. The summed E-state index contributed by atoms with van der Waals surface area (Å²) in [4.78, 5) is 14.5. The molecule has 0 aromatic heterocycles. The molecule has 1 fully saturated rings. The van der Waals surface area contributed by atoms with Crippen LogP contribution in [0, 0.1) is 0 Å². The number of amides is 2. The summed E-state index contributed by atoms with van der Waals surface area (Å²) in [7, 11) is 1.66. The lowest BCUT2D eigenvalue weighted by molar-refractivity contribution is -0.0157. The second-order valence-electron chi connectivity index (χ2n) is 6.76. The summed E-state index contributed by atoms with van der Waals surface area (Å²) in [5.41, 5.74) is 2.22. The molecule has 1 aliphatic heterocycles. The van der Waals surface area contributed by atoms with Crippen LogP contribution in [0.15, 0.2) is 53.0 Å². The molecule has 2 atom stereocenters. The third kappa shape index (κ3) is 5.47. The highest BCUT2D eigenvalue weighted by atomic mass is 79.9. The van der Waals surface area contributed by atoms with Crippen molar-refractivity contribution >= 4 is 22.0 Å². The first-order chi connectivity index (χ1) is 13.0. The average Bonchev–Trinajstić information content (AvgIpc) is 2.68. The molecule has 2 aromatic carbocycles. The van der Waals surface area contributed by atoms with Gasteiger partial charge in [0, 0.05) is 17.1 Å². The molecule has 144 valence electrons. The first kappa shape index (κ1) is 19.7. The number of hydrogen-bond donors (Lipinski definition) is 1. The molecule has 1 aliphatic rings. The molecule has 27 heavy (non-hydrogen) atoms. The van der Waals surface area contributed by atoms with Crippen molar-refractivity contribution in [3.63, 3.8) is 0 Å². The smallest absolute Gasteiger partial charge is 0.317 e. The van der Waals surface area contributed by atoms with Crippen molar-refractivity contribution in [1.82, 2.24) is 10.2 Å². The summed E-state index contributed by atoms with van der Waals surface area (Å²) in [5.74, 6) is 0.830. The number of urea groups is 1. The van der Waals surface area contributed by atoms with Gasteiger partial charge in [-0.25, -0.2) is 4.79 Å². The Bertz CT molecular complexity index is 766. The predicted molar refractivity (Wildman–Crippen MR) is 109 cm³/mol. The van der Waals surface area contributed by atoms with Crippen LogP contribution in [-0.2, 0) is 11.2 Å². The first-order valence-corrected chi connectivity index (χ1v) is 9.90. The van der Waals surface area contributed by atoms with Gasteiger partial charge in [0.1, 0.15) is 11.9 Å². The highest BCUT2D eigenvalue weighted by Crippen LogP contribution is 2.24. The highest BCUT2D eigenvalue weighted by Gasteiger charge is 2.26. The molecule has 5 nitrogen and oxygen atoms in total. The number of nitrogens with one attached hydrogen (secondary N) is 1. The summed E-state index contributed by atoms with van der Waals surface area (Å²) in [6.07, 6.45) is 0.662. The molecule has 0 spiro atoms. The summed E-state index contributed by atoms with van der Waals surface area (Å²) in [6, 6.07) is 16.0. The van der Waals surface area contributed by atoms with Gasteiger partial charge in [0.05, 0.1) is 20.3 Å². The number of methoxy groups -OCH3 is 1. The molecule has 3 rings (SSSR count). The number of rotatable bonds is 5. The van der Waals surface area contributed by atoms with E-state index in [1.807, 2.05) is 60.4 Å². The predicted octanol–water partition coefficient (Wildman–Crippen LogP) is 4.17. The van der Waals surface area contributed by atoms with Gasteiger partial charge in [-0.2, -0.15) is 0 Å². The van der Waals surface area contributed by atoms with Gasteiger partial charge >= 0.3 is 6.03 Å². The number of carbonyl (C=O) groups is 1. The Morgan fingerprint density at radius 3 is 2.85 bits per heavy atom. The van der Waals surface area contributed by atoms with Crippen molar-refractivity contribution in [3.8, 4) is 5.75 Å². The monoisotopic (exact) mass is 432 g/mol. The molecule has 0 radical (unpaired) electrons. The van der Waals surface area contributed by atoms with Gasteiger partial charge in [-0.15, -0.1) is 0 Å². The van der Waals surface area contributed by atoms with E-state index in [0.29, 0.717) is 19.7 Å². The highest BCUT2D eigenvalue weighted by molar-refractivity contribution is 9.10. The summed E-state index contributed by atoms with van der Waals surface area (Å²) in [5, 5.41) is 3.10. The Hall–Kier alpha value is -2.05. The summed E-state index contributed by atoms with van der Waals surface area (Å²) in [6.45, 7) is 3.71. The van der Waals surface area contributed by atoms with Crippen molar-refractivity contribution in [2.45, 2.75) is 25.5 Å². The molecule has 1 N–H and O–H groups in total. The Kier molecular flexibility index (Phi) is 6.74. The Morgan fingerprint density at radius 1 is 1.33 bits per heavy atom. The van der Waals surface area contributed by atoms with Crippen molar-refractivity contribution in [3.05, 3.63) is 64.1 Å². The second kappa shape index (κ2) is 9.24. The number of nitrogens with zero attached hydrogens (tertiary/aromatic N) is 1. The Balaban J connectivity index is 1.55. The van der Waals surface area contributed by atoms with Crippen LogP contribution in [0.25, 0.3) is 0 Å².